The van der Waals surface area contributed by atoms with E-state index >= 15 is 0 Å². The predicted molar refractivity (Wildman–Crippen MR) is 94.8 cm³/mol. The Morgan fingerprint density at radius 1 is 1.00 bits per heavy atom. The molecule has 24 heavy (non-hydrogen) atoms. The van der Waals surface area contributed by atoms with Crippen LogP contribution >= 0.6 is 0 Å². The summed E-state index contributed by atoms with van der Waals surface area (Å²) in [4.78, 5) is 11.6. The maximum atomic E-state index is 6.02. The molecule has 4 rings (SSSR count). The molecule has 0 fully saturated rings. The van der Waals surface area contributed by atoms with Crippen LogP contribution in [-0.4, -0.2) is 15.0 Å². The fourth-order valence-corrected chi connectivity index (χ4v) is 2.73. The van der Waals surface area contributed by atoms with E-state index in [1.165, 1.54) is 0 Å². The molecule has 1 unspecified atom stereocenters. The van der Waals surface area contributed by atoms with Crippen LogP contribution in [0.4, 0.5) is 0 Å². The number of nitrogens with zero attached hydrogens (tertiary/aromatic N) is 2. The Morgan fingerprint density at radius 2 is 1.79 bits per heavy atom. The molecule has 2 heterocycles. The smallest absolute Gasteiger partial charge is 0.141 e. The molecule has 0 aliphatic carbocycles. The van der Waals surface area contributed by atoms with E-state index < -0.39 is 0 Å². The maximum Gasteiger partial charge on any atom is 0.141 e. The molecule has 0 bridgehead atoms. The van der Waals surface area contributed by atoms with Crippen LogP contribution in [0.2, 0.25) is 0 Å². The van der Waals surface area contributed by atoms with Crippen molar-refractivity contribution in [3.05, 3.63) is 78.8 Å². The minimum atomic E-state index is 0.0143. The van der Waals surface area contributed by atoms with Gasteiger partial charge in [0.1, 0.15) is 23.8 Å². The van der Waals surface area contributed by atoms with Gasteiger partial charge in [0.25, 0.3) is 0 Å². The van der Waals surface area contributed by atoms with Crippen molar-refractivity contribution < 1.29 is 4.74 Å². The first kappa shape index (κ1) is 14.5. The molecule has 1 atom stereocenters. The van der Waals surface area contributed by atoms with E-state index in [2.05, 4.69) is 40.1 Å². The lowest BCUT2D eigenvalue weighted by Crippen LogP contribution is -2.02. The molecule has 0 saturated heterocycles. The predicted octanol–water partition coefficient (Wildman–Crippen LogP) is 4.76. The molecule has 0 amide bonds. The van der Waals surface area contributed by atoms with Gasteiger partial charge >= 0.3 is 0 Å². The number of ether oxygens (including phenoxy) is 1. The van der Waals surface area contributed by atoms with Crippen LogP contribution in [0, 0.1) is 0 Å². The summed E-state index contributed by atoms with van der Waals surface area (Å²) in [6.07, 6.45) is 3.37. The Balaban J connectivity index is 1.54. The number of hydrogen-bond donors (Lipinski definition) is 1. The topological polar surface area (TPSA) is 50.8 Å². The number of H-pyrrole nitrogens is 1. The van der Waals surface area contributed by atoms with Gasteiger partial charge in [0.15, 0.2) is 0 Å². The Hall–Kier alpha value is -3.14. The second-order valence-corrected chi connectivity index (χ2v) is 5.70. The van der Waals surface area contributed by atoms with Crippen LogP contribution < -0.4 is 4.74 Å². The van der Waals surface area contributed by atoms with E-state index in [0.29, 0.717) is 0 Å². The summed E-state index contributed by atoms with van der Waals surface area (Å²) in [6.45, 7) is 2.06. The minimum Gasteiger partial charge on any atom is -0.486 e. The van der Waals surface area contributed by atoms with Gasteiger partial charge in [-0.2, -0.15) is 0 Å². The lowest BCUT2D eigenvalue weighted by Gasteiger charge is -2.15. The summed E-state index contributed by atoms with van der Waals surface area (Å²) in [5.41, 5.74) is 4.12. The number of aromatic nitrogens is 3. The van der Waals surface area contributed by atoms with Gasteiger partial charge in [-0.15, -0.1) is 0 Å². The number of benzene rings is 2. The first-order valence-electron chi connectivity index (χ1n) is 7.90. The van der Waals surface area contributed by atoms with Crippen LogP contribution in [0.5, 0.6) is 5.75 Å². The summed E-state index contributed by atoms with van der Waals surface area (Å²) in [5, 5.41) is 1.01. The van der Waals surface area contributed by atoms with Gasteiger partial charge in [-0.05, 0) is 48.4 Å². The molecule has 4 aromatic rings. The van der Waals surface area contributed by atoms with Gasteiger partial charge < -0.3 is 9.72 Å². The van der Waals surface area contributed by atoms with Crippen LogP contribution in [-0.2, 0) is 0 Å². The van der Waals surface area contributed by atoms with Crippen molar-refractivity contribution in [2.75, 3.05) is 0 Å². The number of hydrogen-bond acceptors (Lipinski definition) is 3. The zero-order chi connectivity index (χ0) is 16.4. The van der Waals surface area contributed by atoms with Crippen LogP contribution in [0.1, 0.15) is 18.6 Å². The largest absolute Gasteiger partial charge is 0.486 e. The maximum absolute atomic E-state index is 6.02. The highest BCUT2D eigenvalue weighted by molar-refractivity contribution is 5.82. The van der Waals surface area contributed by atoms with Gasteiger partial charge in [-0.25, -0.2) is 9.97 Å². The molecule has 4 heteroatoms. The van der Waals surface area contributed by atoms with E-state index in [1.54, 1.807) is 12.5 Å². The Morgan fingerprint density at radius 3 is 2.54 bits per heavy atom. The zero-order valence-electron chi connectivity index (χ0n) is 13.3. The molecule has 2 aromatic carbocycles. The fourth-order valence-electron chi connectivity index (χ4n) is 2.73. The van der Waals surface area contributed by atoms with Gasteiger partial charge in [-0.1, -0.05) is 30.3 Å². The average Bonchev–Trinajstić information content (AvgIpc) is 3.07. The van der Waals surface area contributed by atoms with Gasteiger partial charge in [0.05, 0.1) is 0 Å². The van der Waals surface area contributed by atoms with Gasteiger partial charge in [-0.3, -0.25) is 0 Å². The van der Waals surface area contributed by atoms with Crippen molar-refractivity contribution >= 4 is 11.0 Å². The second-order valence-electron chi connectivity index (χ2n) is 5.70. The monoisotopic (exact) mass is 315 g/mol. The molecule has 0 spiro atoms. The number of nitrogens with one attached hydrogen (secondary N) is 1. The summed E-state index contributed by atoms with van der Waals surface area (Å²) < 4.78 is 6.02. The van der Waals surface area contributed by atoms with Crippen molar-refractivity contribution in [3.63, 3.8) is 0 Å². The normalized spacial score (nSPS) is 12.2. The Labute approximate surface area is 140 Å². The molecule has 0 aliphatic heterocycles. The third-order valence-electron chi connectivity index (χ3n) is 4.04. The molecule has 4 nitrogen and oxygen atoms in total. The number of fused-ring (bicyclic) bond motifs is 1. The number of aromatic amines is 1. The van der Waals surface area contributed by atoms with E-state index in [4.69, 9.17) is 4.74 Å². The molecule has 2 aromatic heterocycles. The molecule has 118 valence electrons. The summed E-state index contributed by atoms with van der Waals surface area (Å²) in [5.74, 6) is 0.853. The van der Waals surface area contributed by atoms with E-state index in [0.717, 1.165) is 33.6 Å². The average molecular weight is 315 g/mol. The molecular formula is C20H17N3O. The highest BCUT2D eigenvalue weighted by atomic mass is 16.5. The first-order valence-corrected chi connectivity index (χ1v) is 7.90. The molecule has 0 aliphatic rings. The third kappa shape index (κ3) is 2.86. The van der Waals surface area contributed by atoms with Crippen molar-refractivity contribution in [3.8, 4) is 17.0 Å². The summed E-state index contributed by atoms with van der Waals surface area (Å²) >= 11 is 0. The van der Waals surface area contributed by atoms with Crippen molar-refractivity contribution in [2.45, 2.75) is 13.0 Å². The molecule has 0 saturated carbocycles. The summed E-state index contributed by atoms with van der Waals surface area (Å²) in [6, 6.07) is 20.3. The van der Waals surface area contributed by atoms with Gasteiger partial charge in [0.2, 0.25) is 0 Å². The van der Waals surface area contributed by atoms with E-state index in [-0.39, 0.29) is 6.10 Å². The highest BCUT2D eigenvalue weighted by Gasteiger charge is 2.08. The quantitative estimate of drug-likeness (QED) is 0.590. The van der Waals surface area contributed by atoms with E-state index in [9.17, 15) is 0 Å². The fraction of sp³-hybridized carbons (Fsp3) is 0.100. The number of rotatable bonds is 4. The molecule has 0 radical (unpaired) electrons. The second kappa shape index (κ2) is 6.16. The first-order chi connectivity index (χ1) is 11.8. The Kier molecular flexibility index (Phi) is 3.71. The SMILES string of the molecule is CC(Oc1ccc(-c2cc3cncnc3[nH]2)cc1)c1ccccc1. The Bertz CT molecular complexity index is 912. The summed E-state index contributed by atoms with van der Waals surface area (Å²) in [7, 11) is 0. The molecular weight excluding hydrogens is 298 g/mol. The standard InChI is InChI=1S/C20H17N3O/c1-14(15-5-3-2-4-6-15)24-18-9-7-16(8-10-18)19-11-17-12-21-13-22-20(17)23-19/h2-14H,1H3,(H,21,22,23). The third-order valence-corrected chi connectivity index (χ3v) is 4.04. The lowest BCUT2D eigenvalue weighted by molar-refractivity contribution is 0.227. The van der Waals surface area contributed by atoms with Crippen molar-refractivity contribution in [1.82, 2.24) is 15.0 Å². The van der Waals surface area contributed by atoms with Crippen LogP contribution in [0.15, 0.2) is 73.2 Å². The van der Waals surface area contributed by atoms with Crippen LogP contribution in [0.3, 0.4) is 0 Å². The highest BCUT2D eigenvalue weighted by Crippen LogP contribution is 2.27. The molecule has 1 N–H and O–H groups in total. The zero-order valence-corrected chi connectivity index (χ0v) is 13.3. The van der Waals surface area contributed by atoms with Crippen molar-refractivity contribution in [1.29, 1.82) is 0 Å². The lowest BCUT2D eigenvalue weighted by atomic mass is 10.1. The minimum absolute atomic E-state index is 0.0143. The van der Waals surface area contributed by atoms with Gasteiger partial charge in [0, 0.05) is 17.3 Å². The van der Waals surface area contributed by atoms with E-state index in [1.807, 2.05) is 42.5 Å². The van der Waals surface area contributed by atoms with Crippen molar-refractivity contribution in [2.24, 2.45) is 0 Å². The van der Waals surface area contributed by atoms with Crippen LogP contribution in [0.25, 0.3) is 22.3 Å².